The maximum absolute atomic E-state index is 10.7. The Morgan fingerprint density at radius 1 is 1.15 bits per heavy atom. The summed E-state index contributed by atoms with van der Waals surface area (Å²) in [6, 6.07) is 9.52. The lowest BCUT2D eigenvalue weighted by atomic mass is 9.92. The first-order valence-electron chi connectivity index (χ1n) is 11.4. The van der Waals surface area contributed by atoms with Gasteiger partial charge in [-0.3, -0.25) is 0 Å². The minimum atomic E-state index is -0.0819. The van der Waals surface area contributed by atoms with Crippen LogP contribution in [0.25, 0.3) is 11.3 Å². The van der Waals surface area contributed by atoms with Gasteiger partial charge in [-0.1, -0.05) is 37.2 Å². The van der Waals surface area contributed by atoms with Gasteiger partial charge in [-0.15, -0.1) is 10.2 Å². The van der Waals surface area contributed by atoms with Crippen LogP contribution < -0.4 is 0 Å². The predicted molar refractivity (Wildman–Crippen MR) is 133 cm³/mol. The molecule has 4 rings (SSSR count). The molecule has 0 radical (unpaired) electrons. The van der Waals surface area contributed by atoms with E-state index in [1.807, 2.05) is 20.8 Å². The third-order valence-corrected chi connectivity index (χ3v) is 6.13. The molecule has 1 aliphatic rings. The van der Waals surface area contributed by atoms with Crippen molar-refractivity contribution in [3.63, 3.8) is 0 Å². The molecule has 0 spiro atoms. The minimum Gasteiger partial charge on any atom is -0.508 e. The number of aryl methyl sites for hydroxylation is 1. The van der Waals surface area contributed by atoms with Crippen LogP contribution in [0.2, 0.25) is 0 Å². The fourth-order valence-electron chi connectivity index (χ4n) is 4.17. The SMILES string of the molecule is C/C(=C(\O/N=C/c1nnc(C)[nH]1)c1cc(C(C)C)c(O)cc1O)c1ccc2c(c1)CCN(C)C2. The van der Waals surface area contributed by atoms with E-state index >= 15 is 0 Å². The average molecular weight is 462 g/mol. The number of hydrogen-bond donors (Lipinski definition) is 3. The van der Waals surface area contributed by atoms with Gasteiger partial charge in [-0.05, 0) is 61.6 Å². The molecule has 0 unspecified atom stereocenters. The number of rotatable bonds is 6. The largest absolute Gasteiger partial charge is 0.508 e. The molecule has 178 valence electrons. The fraction of sp³-hybridized carbons (Fsp3) is 0.346. The van der Waals surface area contributed by atoms with E-state index in [0.717, 1.165) is 30.6 Å². The maximum atomic E-state index is 10.7. The molecule has 0 atom stereocenters. The first-order chi connectivity index (χ1) is 16.2. The van der Waals surface area contributed by atoms with E-state index in [0.29, 0.717) is 28.5 Å². The molecule has 0 bridgehead atoms. The molecule has 3 N–H and O–H groups in total. The van der Waals surface area contributed by atoms with Crippen molar-refractivity contribution in [2.75, 3.05) is 13.6 Å². The molecule has 2 aromatic carbocycles. The van der Waals surface area contributed by atoms with Crippen LogP contribution in [-0.2, 0) is 17.8 Å². The molecule has 8 heteroatoms. The van der Waals surface area contributed by atoms with Crippen LogP contribution in [0.4, 0.5) is 0 Å². The second-order valence-electron chi connectivity index (χ2n) is 9.13. The summed E-state index contributed by atoms with van der Waals surface area (Å²) in [6.07, 6.45) is 2.42. The van der Waals surface area contributed by atoms with Crippen molar-refractivity contribution < 1.29 is 15.1 Å². The van der Waals surface area contributed by atoms with Crippen LogP contribution in [0.1, 0.15) is 66.2 Å². The second-order valence-corrected chi connectivity index (χ2v) is 9.13. The van der Waals surface area contributed by atoms with Crippen LogP contribution in [-0.4, -0.2) is 50.1 Å². The number of phenols is 2. The predicted octanol–water partition coefficient (Wildman–Crippen LogP) is 4.57. The summed E-state index contributed by atoms with van der Waals surface area (Å²) in [5, 5.41) is 33.1. The molecule has 0 saturated carbocycles. The Hall–Kier alpha value is -3.65. The van der Waals surface area contributed by atoms with Gasteiger partial charge in [0.05, 0.1) is 5.56 Å². The van der Waals surface area contributed by atoms with Crippen molar-refractivity contribution in [2.45, 2.75) is 46.6 Å². The summed E-state index contributed by atoms with van der Waals surface area (Å²) in [6.45, 7) is 9.66. The topological polar surface area (TPSA) is 107 Å². The van der Waals surface area contributed by atoms with Crippen LogP contribution in [0.3, 0.4) is 0 Å². The Kier molecular flexibility index (Phi) is 6.70. The van der Waals surface area contributed by atoms with Crippen molar-refractivity contribution in [1.82, 2.24) is 20.1 Å². The number of phenolic OH excluding ortho intramolecular Hbond substituents is 2. The number of aromatic nitrogens is 3. The van der Waals surface area contributed by atoms with Gasteiger partial charge in [0, 0.05) is 24.7 Å². The smallest absolute Gasteiger partial charge is 0.175 e. The quantitative estimate of drug-likeness (QED) is 0.215. The van der Waals surface area contributed by atoms with Gasteiger partial charge in [-0.2, -0.15) is 0 Å². The highest BCUT2D eigenvalue weighted by Gasteiger charge is 2.20. The minimum absolute atomic E-state index is 0.0480. The highest BCUT2D eigenvalue weighted by atomic mass is 16.6. The number of nitrogens with zero attached hydrogens (tertiary/aromatic N) is 4. The molecule has 0 saturated heterocycles. The molecule has 3 aromatic rings. The van der Waals surface area contributed by atoms with Gasteiger partial charge in [0.15, 0.2) is 11.6 Å². The lowest BCUT2D eigenvalue weighted by molar-refractivity contribution is 0.299. The molecule has 1 aliphatic heterocycles. The Morgan fingerprint density at radius 2 is 1.94 bits per heavy atom. The van der Waals surface area contributed by atoms with E-state index < -0.39 is 0 Å². The number of hydrogen-bond acceptors (Lipinski definition) is 7. The van der Waals surface area contributed by atoms with Crippen molar-refractivity contribution in [2.24, 2.45) is 5.16 Å². The zero-order valence-corrected chi connectivity index (χ0v) is 20.3. The van der Waals surface area contributed by atoms with Crippen molar-refractivity contribution in [1.29, 1.82) is 0 Å². The third kappa shape index (κ3) is 4.97. The first-order valence-corrected chi connectivity index (χ1v) is 11.4. The van der Waals surface area contributed by atoms with Crippen LogP contribution in [0, 0.1) is 6.92 Å². The van der Waals surface area contributed by atoms with E-state index in [9.17, 15) is 10.2 Å². The Bertz CT molecular complexity index is 1260. The van der Waals surface area contributed by atoms with Gasteiger partial charge >= 0.3 is 0 Å². The average Bonchev–Trinajstić information content (AvgIpc) is 3.21. The molecular weight excluding hydrogens is 430 g/mol. The first kappa shape index (κ1) is 23.5. The normalized spacial score (nSPS) is 15.0. The third-order valence-electron chi connectivity index (χ3n) is 6.13. The summed E-state index contributed by atoms with van der Waals surface area (Å²) in [5.41, 5.74) is 5.62. The fourth-order valence-corrected chi connectivity index (χ4v) is 4.17. The zero-order chi connectivity index (χ0) is 24.4. The van der Waals surface area contributed by atoms with Crippen molar-refractivity contribution in [3.05, 3.63) is 69.8 Å². The lowest BCUT2D eigenvalue weighted by Gasteiger charge is -2.25. The zero-order valence-electron chi connectivity index (χ0n) is 20.3. The molecule has 0 aliphatic carbocycles. The van der Waals surface area contributed by atoms with Gasteiger partial charge in [0.1, 0.15) is 23.5 Å². The number of likely N-dealkylation sites (N-methyl/N-ethyl adjacent to an activating group) is 1. The summed E-state index contributed by atoms with van der Waals surface area (Å²) >= 11 is 0. The summed E-state index contributed by atoms with van der Waals surface area (Å²) in [5.74, 6) is 1.56. The number of fused-ring (bicyclic) bond motifs is 1. The molecule has 8 nitrogen and oxygen atoms in total. The van der Waals surface area contributed by atoms with E-state index in [4.69, 9.17) is 4.84 Å². The Morgan fingerprint density at radius 3 is 2.65 bits per heavy atom. The van der Waals surface area contributed by atoms with E-state index in [1.54, 1.807) is 13.0 Å². The second kappa shape index (κ2) is 9.69. The standard InChI is InChI=1S/C26H31N5O3/c1-15(2)21-11-22(24(33)12-23(21)32)26(34-27-13-25-28-17(4)29-30-25)16(3)18-6-7-20-14-31(5)9-8-19(20)10-18/h6-7,10-13,15,32-33H,8-9,14H2,1-5H3,(H,28,29,30)/b26-16+,27-13+. The summed E-state index contributed by atoms with van der Waals surface area (Å²) < 4.78 is 0. The number of aromatic amines is 1. The monoisotopic (exact) mass is 461 g/mol. The number of oxime groups is 1. The number of nitrogens with one attached hydrogen (secondary N) is 1. The molecule has 1 aromatic heterocycles. The number of H-pyrrole nitrogens is 1. The lowest BCUT2D eigenvalue weighted by Crippen LogP contribution is -2.26. The van der Waals surface area contributed by atoms with Crippen LogP contribution in [0.15, 0.2) is 35.5 Å². The molecular formula is C26H31N5O3. The van der Waals surface area contributed by atoms with E-state index in [1.165, 1.54) is 23.4 Å². The number of benzene rings is 2. The molecule has 0 amide bonds. The number of allylic oxidation sites excluding steroid dienone is 1. The van der Waals surface area contributed by atoms with Gasteiger partial charge in [0.2, 0.25) is 0 Å². The van der Waals surface area contributed by atoms with Gasteiger partial charge < -0.3 is 24.9 Å². The van der Waals surface area contributed by atoms with Gasteiger partial charge in [-0.25, -0.2) is 0 Å². The summed E-state index contributed by atoms with van der Waals surface area (Å²) in [4.78, 5) is 11.2. The van der Waals surface area contributed by atoms with Crippen molar-refractivity contribution >= 4 is 17.5 Å². The van der Waals surface area contributed by atoms with Crippen molar-refractivity contribution in [3.8, 4) is 11.5 Å². The Balaban J connectivity index is 1.79. The number of aromatic hydroxyl groups is 2. The summed E-state index contributed by atoms with van der Waals surface area (Å²) in [7, 11) is 2.13. The maximum Gasteiger partial charge on any atom is 0.175 e. The van der Waals surface area contributed by atoms with E-state index in [2.05, 4.69) is 50.5 Å². The Labute approximate surface area is 199 Å². The molecule has 0 fully saturated rings. The van der Waals surface area contributed by atoms with E-state index in [-0.39, 0.29) is 17.4 Å². The van der Waals surface area contributed by atoms with Crippen LogP contribution >= 0.6 is 0 Å². The van der Waals surface area contributed by atoms with Gasteiger partial charge in [0.25, 0.3) is 0 Å². The highest BCUT2D eigenvalue weighted by Crippen LogP contribution is 2.39. The molecule has 34 heavy (non-hydrogen) atoms. The molecule has 2 heterocycles. The highest BCUT2D eigenvalue weighted by molar-refractivity contribution is 5.89. The van der Waals surface area contributed by atoms with Crippen LogP contribution in [0.5, 0.6) is 11.5 Å².